The highest BCUT2D eigenvalue weighted by molar-refractivity contribution is 5.45. The molecule has 1 aromatic carbocycles. The Morgan fingerprint density at radius 2 is 1.89 bits per heavy atom. The molecule has 0 fully saturated rings. The van der Waals surface area contributed by atoms with E-state index in [1.807, 2.05) is 0 Å². The highest BCUT2D eigenvalue weighted by atomic mass is 19.4. The molecule has 0 amide bonds. The standard InChI is InChI=1S/C12H12F3N3O/c1-2-19-11-7-10(12(13,14)15)18(17-11)9-5-3-8(16)4-6-9/h3-7H,2,16H2,1H3. The van der Waals surface area contributed by atoms with E-state index in [0.717, 1.165) is 10.7 Å². The zero-order valence-corrected chi connectivity index (χ0v) is 10.1. The van der Waals surface area contributed by atoms with Gasteiger partial charge in [-0.3, -0.25) is 0 Å². The van der Waals surface area contributed by atoms with Gasteiger partial charge in [-0.25, -0.2) is 4.68 Å². The second kappa shape index (κ2) is 4.83. The van der Waals surface area contributed by atoms with Gasteiger partial charge in [0.1, 0.15) is 0 Å². The van der Waals surface area contributed by atoms with E-state index >= 15 is 0 Å². The van der Waals surface area contributed by atoms with Crippen molar-refractivity contribution < 1.29 is 17.9 Å². The first-order valence-corrected chi connectivity index (χ1v) is 5.58. The summed E-state index contributed by atoms with van der Waals surface area (Å²) in [5.41, 5.74) is 5.35. The van der Waals surface area contributed by atoms with Gasteiger partial charge < -0.3 is 10.5 Å². The van der Waals surface area contributed by atoms with Crippen molar-refractivity contribution in [1.82, 2.24) is 9.78 Å². The van der Waals surface area contributed by atoms with Crippen LogP contribution in [0.1, 0.15) is 12.6 Å². The Bertz CT molecular complexity index is 561. The van der Waals surface area contributed by atoms with Gasteiger partial charge in [0, 0.05) is 11.8 Å². The summed E-state index contributed by atoms with van der Waals surface area (Å²) in [6.07, 6.45) is -4.51. The van der Waals surface area contributed by atoms with Crippen molar-refractivity contribution in [3.05, 3.63) is 36.0 Å². The van der Waals surface area contributed by atoms with Crippen molar-refractivity contribution >= 4 is 5.69 Å². The number of halogens is 3. The van der Waals surface area contributed by atoms with E-state index in [0.29, 0.717) is 5.69 Å². The topological polar surface area (TPSA) is 53.1 Å². The van der Waals surface area contributed by atoms with Gasteiger partial charge in [-0.05, 0) is 31.2 Å². The normalized spacial score (nSPS) is 11.6. The molecule has 2 N–H and O–H groups in total. The van der Waals surface area contributed by atoms with Gasteiger partial charge in [0.05, 0.1) is 12.3 Å². The Labute approximate surface area is 107 Å². The fourth-order valence-corrected chi connectivity index (χ4v) is 1.59. The molecule has 0 aliphatic rings. The van der Waals surface area contributed by atoms with E-state index in [1.54, 1.807) is 6.92 Å². The van der Waals surface area contributed by atoms with Crippen molar-refractivity contribution in [2.75, 3.05) is 12.3 Å². The fourth-order valence-electron chi connectivity index (χ4n) is 1.59. The molecule has 1 aromatic heterocycles. The van der Waals surface area contributed by atoms with Crippen molar-refractivity contribution in [3.8, 4) is 11.6 Å². The highest BCUT2D eigenvalue weighted by Gasteiger charge is 2.36. The molecule has 0 saturated heterocycles. The molecule has 1 heterocycles. The van der Waals surface area contributed by atoms with Gasteiger partial charge in [0.2, 0.25) is 5.88 Å². The average Bonchev–Trinajstić information content (AvgIpc) is 2.74. The van der Waals surface area contributed by atoms with Crippen LogP contribution in [0.2, 0.25) is 0 Å². The zero-order valence-electron chi connectivity index (χ0n) is 10.1. The van der Waals surface area contributed by atoms with E-state index in [1.165, 1.54) is 24.3 Å². The van der Waals surface area contributed by atoms with E-state index in [9.17, 15) is 13.2 Å². The van der Waals surface area contributed by atoms with Crippen LogP contribution < -0.4 is 10.5 Å². The number of anilines is 1. The number of aromatic nitrogens is 2. The summed E-state index contributed by atoms with van der Waals surface area (Å²) in [5, 5.41) is 3.80. The summed E-state index contributed by atoms with van der Waals surface area (Å²) in [6.45, 7) is 1.92. The summed E-state index contributed by atoms with van der Waals surface area (Å²) >= 11 is 0. The third-order valence-corrected chi connectivity index (χ3v) is 2.41. The number of alkyl halides is 3. The second-order valence-corrected chi connectivity index (χ2v) is 3.80. The molecule has 7 heteroatoms. The minimum atomic E-state index is -4.51. The average molecular weight is 271 g/mol. The molecule has 0 bridgehead atoms. The molecule has 102 valence electrons. The Kier molecular flexibility index (Phi) is 3.37. The highest BCUT2D eigenvalue weighted by Crippen LogP contribution is 2.33. The van der Waals surface area contributed by atoms with Crippen molar-refractivity contribution in [2.24, 2.45) is 0 Å². The molecule has 2 aromatic rings. The van der Waals surface area contributed by atoms with Gasteiger partial charge >= 0.3 is 6.18 Å². The molecule has 0 spiro atoms. The largest absolute Gasteiger partial charge is 0.477 e. The van der Waals surface area contributed by atoms with Crippen LogP contribution in [0, 0.1) is 0 Å². The maximum Gasteiger partial charge on any atom is 0.433 e. The summed E-state index contributed by atoms with van der Waals surface area (Å²) in [5.74, 6) is -0.0633. The second-order valence-electron chi connectivity index (χ2n) is 3.80. The van der Waals surface area contributed by atoms with Gasteiger partial charge in [0.15, 0.2) is 5.69 Å². The minimum absolute atomic E-state index is 0.0633. The van der Waals surface area contributed by atoms with Crippen molar-refractivity contribution in [2.45, 2.75) is 13.1 Å². The molecular weight excluding hydrogens is 259 g/mol. The van der Waals surface area contributed by atoms with Crippen LogP contribution in [0.15, 0.2) is 30.3 Å². The first kappa shape index (κ1) is 13.3. The number of nitrogens with zero attached hydrogens (tertiary/aromatic N) is 2. The SMILES string of the molecule is CCOc1cc(C(F)(F)F)n(-c2ccc(N)cc2)n1. The number of nitrogen functional groups attached to an aromatic ring is 1. The van der Waals surface area contributed by atoms with Crippen LogP contribution in [-0.4, -0.2) is 16.4 Å². The van der Waals surface area contributed by atoms with E-state index < -0.39 is 11.9 Å². The third kappa shape index (κ3) is 2.81. The van der Waals surface area contributed by atoms with Gasteiger partial charge in [0.25, 0.3) is 0 Å². The van der Waals surface area contributed by atoms with Crippen LogP contribution in [0.3, 0.4) is 0 Å². The predicted octanol–water partition coefficient (Wildman–Crippen LogP) is 2.87. The third-order valence-electron chi connectivity index (χ3n) is 2.41. The summed E-state index contributed by atoms with van der Waals surface area (Å²) in [6, 6.07) is 6.83. The zero-order chi connectivity index (χ0) is 14.0. The lowest BCUT2D eigenvalue weighted by molar-refractivity contribution is -0.142. The number of ether oxygens (including phenoxy) is 1. The molecular formula is C12H12F3N3O. The van der Waals surface area contributed by atoms with E-state index in [2.05, 4.69) is 5.10 Å². The fraction of sp³-hybridized carbons (Fsp3) is 0.250. The van der Waals surface area contributed by atoms with Gasteiger partial charge in [-0.2, -0.15) is 13.2 Å². The van der Waals surface area contributed by atoms with E-state index in [-0.39, 0.29) is 18.2 Å². The number of rotatable bonds is 3. The molecule has 0 aliphatic heterocycles. The van der Waals surface area contributed by atoms with Crippen molar-refractivity contribution in [1.29, 1.82) is 0 Å². The first-order valence-electron chi connectivity index (χ1n) is 5.58. The summed E-state index contributed by atoms with van der Waals surface area (Å²) in [4.78, 5) is 0. The number of nitrogens with two attached hydrogens (primary N) is 1. The Balaban J connectivity index is 2.51. The molecule has 2 rings (SSSR count). The predicted molar refractivity (Wildman–Crippen MR) is 64.1 cm³/mol. The van der Waals surface area contributed by atoms with Crippen LogP contribution in [0.4, 0.5) is 18.9 Å². The molecule has 0 atom stereocenters. The van der Waals surface area contributed by atoms with Crippen LogP contribution in [0.25, 0.3) is 5.69 Å². The minimum Gasteiger partial charge on any atom is -0.477 e. The molecule has 0 unspecified atom stereocenters. The molecule has 0 aliphatic carbocycles. The number of benzene rings is 1. The maximum atomic E-state index is 12.9. The molecule has 0 radical (unpaired) electrons. The summed E-state index contributed by atoms with van der Waals surface area (Å²) in [7, 11) is 0. The number of hydrogen-bond donors (Lipinski definition) is 1. The lowest BCUT2D eigenvalue weighted by Crippen LogP contribution is -2.13. The lowest BCUT2D eigenvalue weighted by Gasteiger charge is -2.09. The summed E-state index contributed by atoms with van der Waals surface area (Å²) < 4.78 is 44.6. The monoisotopic (exact) mass is 271 g/mol. The van der Waals surface area contributed by atoms with Crippen LogP contribution >= 0.6 is 0 Å². The molecule has 4 nitrogen and oxygen atoms in total. The Morgan fingerprint density at radius 3 is 2.42 bits per heavy atom. The quantitative estimate of drug-likeness (QED) is 0.873. The van der Waals surface area contributed by atoms with E-state index in [4.69, 9.17) is 10.5 Å². The Morgan fingerprint density at radius 1 is 1.26 bits per heavy atom. The molecule has 0 saturated carbocycles. The van der Waals surface area contributed by atoms with Gasteiger partial charge in [-0.15, -0.1) is 5.10 Å². The lowest BCUT2D eigenvalue weighted by atomic mass is 10.3. The molecule has 19 heavy (non-hydrogen) atoms. The number of hydrogen-bond acceptors (Lipinski definition) is 3. The van der Waals surface area contributed by atoms with Crippen LogP contribution in [-0.2, 0) is 6.18 Å². The Hall–Kier alpha value is -2.18. The van der Waals surface area contributed by atoms with Crippen molar-refractivity contribution in [3.63, 3.8) is 0 Å². The smallest absolute Gasteiger partial charge is 0.433 e. The first-order chi connectivity index (χ1) is 8.91. The van der Waals surface area contributed by atoms with Crippen LogP contribution in [0.5, 0.6) is 5.88 Å². The van der Waals surface area contributed by atoms with Gasteiger partial charge in [-0.1, -0.05) is 0 Å². The maximum absolute atomic E-state index is 12.9.